The Kier molecular flexibility index (Phi) is 7.55. The van der Waals surface area contributed by atoms with Crippen molar-refractivity contribution in [3.63, 3.8) is 0 Å². The third-order valence-electron chi connectivity index (χ3n) is 4.93. The summed E-state index contributed by atoms with van der Waals surface area (Å²) in [6, 6.07) is 5.93. The number of hydrogen-bond acceptors (Lipinski definition) is 6. The van der Waals surface area contributed by atoms with Gasteiger partial charge in [0.2, 0.25) is 5.82 Å². The lowest BCUT2D eigenvalue weighted by molar-refractivity contribution is -0.189. The van der Waals surface area contributed by atoms with Crippen LogP contribution in [0.15, 0.2) is 35.6 Å². The quantitative estimate of drug-likeness (QED) is 0.613. The normalized spacial score (nSPS) is 18.8. The zero-order chi connectivity index (χ0) is 23.3. The predicted molar refractivity (Wildman–Crippen MR) is 113 cm³/mol. The van der Waals surface area contributed by atoms with Crippen molar-refractivity contribution in [2.45, 2.75) is 50.9 Å². The molecule has 172 valence electrons. The third kappa shape index (κ3) is 5.87. The lowest BCUT2D eigenvalue weighted by Gasteiger charge is -2.24. The van der Waals surface area contributed by atoms with Gasteiger partial charge in [-0.05, 0) is 38.3 Å². The summed E-state index contributed by atoms with van der Waals surface area (Å²) in [5, 5.41) is 7.24. The molecule has 1 fully saturated rings. The van der Waals surface area contributed by atoms with Crippen LogP contribution in [0.5, 0.6) is 5.75 Å². The van der Waals surface area contributed by atoms with E-state index in [9.17, 15) is 18.0 Å². The highest BCUT2D eigenvalue weighted by Crippen LogP contribution is 2.32. The molecule has 0 saturated heterocycles. The van der Waals surface area contributed by atoms with Crippen molar-refractivity contribution in [2.24, 2.45) is 5.16 Å². The van der Waals surface area contributed by atoms with Crippen molar-refractivity contribution in [3.05, 3.63) is 41.3 Å². The molecule has 2 atom stereocenters. The Balaban J connectivity index is 1.91. The van der Waals surface area contributed by atoms with Crippen LogP contribution in [0, 0.1) is 0 Å². The number of benzene rings is 1. The zero-order valence-electron chi connectivity index (χ0n) is 17.4. The monoisotopic (exact) mass is 470 g/mol. The fourth-order valence-corrected chi connectivity index (χ4v) is 3.36. The van der Waals surface area contributed by atoms with Crippen LogP contribution in [0.1, 0.15) is 43.2 Å². The molecule has 2 unspecified atom stereocenters. The summed E-state index contributed by atoms with van der Waals surface area (Å²) in [4.78, 5) is 25.8. The Bertz CT molecular complexity index is 983. The molecule has 1 saturated carbocycles. The largest absolute Gasteiger partial charge is 0.477 e. The second-order valence-corrected chi connectivity index (χ2v) is 7.69. The van der Waals surface area contributed by atoms with E-state index in [2.05, 4.69) is 20.4 Å². The van der Waals surface area contributed by atoms with Gasteiger partial charge >= 0.3 is 6.18 Å². The standard InChI is InChI=1S/C21H22ClF3N4O3/c1-12(21(23,24)25)32-17-11-26-19(28-18(17)13-7-9-14(22)10-8-13)20(30)27-15-5-3-4-6-16(15)29-31-2/h7-12,15H,3-6H2,1-2H3,(H,27,30). The van der Waals surface area contributed by atoms with E-state index in [1.54, 1.807) is 24.3 Å². The lowest BCUT2D eigenvalue weighted by atomic mass is 9.93. The van der Waals surface area contributed by atoms with Crippen LogP contribution >= 0.6 is 11.6 Å². The first-order chi connectivity index (χ1) is 15.2. The van der Waals surface area contributed by atoms with Crippen LogP contribution in [0.2, 0.25) is 5.02 Å². The highest BCUT2D eigenvalue weighted by atomic mass is 35.5. The van der Waals surface area contributed by atoms with Crippen molar-refractivity contribution in [1.82, 2.24) is 15.3 Å². The zero-order valence-corrected chi connectivity index (χ0v) is 18.2. The van der Waals surface area contributed by atoms with E-state index < -0.39 is 18.2 Å². The molecule has 3 rings (SSSR count). The van der Waals surface area contributed by atoms with E-state index >= 15 is 0 Å². The molecular formula is C21H22ClF3N4O3. The maximum atomic E-state index is 13.0. The molecule has 1 N–H and O–H groups in total. The summed E-state index contributed by atoms with van der Waals surface area (Å²) >= 11 is 5.91. The van der Waals surface area contributed by atoms with E-state index in [4.69, 9.17) is 21.2 Å². The molecule has 1 aliphatic carbocycles. The fraction of sp³-hybridized carbons (Fsp3) is 0.429. The smallest absolute Gasteiger partial charge is 0.425 e. The van der Waals surface area contributed by atoms with Crippen LogP contribution in [0.4, 0.5) is 13.2 Å². The third-order valence-corrected chi connectivity index (χ3v) is 5.18. The molecule has 1 heterocycles. The van der Waals surface area contributed by atoms with Gasteiger partial charge in [0, 0.05) is 10.6 Å². The Morgan fingerprint density at radius 1 is 1.28 bits per heavy atom. The second kappa shape index (κ2) is 10.2. The molecule has 0 bridgehead atoms. The summed E-state index contributed by atoms with van der Waals surface area (Å²) in [7, 11) is 1.43. The van der Waals surface area contributed by atoms with Gasteiger partial charge in [-0.25, -0.2) is 9.97 Å². The fourth-order valence-electron chi connectivity index (χ4n) is 3.24. The summed E-state index contributed by atoms with van der Waals surface area (Å²) in [6.07, 6.45) is -2.38. The van der Waals surface area contributed by atoms with Gasteiger partial charge in [0.1, 0.15) is 12.8 Å². The number of oxime groups is 1. The number of hydrogen-bond donors (Lipinski definition) is 1. The second-order valence-electron chi connectivity index (χ2n) is 7.25. The van der Waals surface area contributed by atoms with E-state index in [1.807, 2.05) is 0 Å². The van der Waals surface area contributed by atoms with Crippen LogP contribution in [-0.2, 0) is 4.84 Å². The van der Waals surface area contributed by atoms with Gasteiger partial charge in [-0.15, -0.1) is 0 Å². The molecule has 1 aliphatic rings. The summed E-state index contributed by atoms with van der Waals surface area (Å²) < 4.78 is 44.1. The molecule has 11 heteroatoms. The molecule has 7 nitrogen and oxygen atoms in total. The number of carbonyl (C=O) groups excluding carboxylic acids is 1. The van der Waals surface area contributed by atoms with Gasteiger partial charge in [0.25, 0.3) is 5.91 Å². The number of nitrogens with one attached hydrogen (secondary N) is 1. The SMILES string of the molecule is CON=C1CCCCC1NC(=O)c1ncc(OC(C)C(F)(F)F)c(-c2ccc(Cl)cc2)n1. The van der Waals surface area contributed by atoms with Crippen LogP contribution in [0.3, 0.4) is 0 Å². The van der Waals surface area contributed by atoms with Crippen molar-refractivity contribution in [2.75, 3.05) is 7.11 Å². The van der Waals surface area contributed by atoms with Crippen molar-refractivity contribution in [1.29, 1.82) is 0 Å². The Morgan fingerprint density at radius 3 is 2.66 bits per heavy atom. The number of rotatable bonds is 6. The van der Waals surface area contributed by atoms with E-state index in [0.29, 0.717) is 29.1 Å². The summed E-state index contributed by atoms with van der Waals surface area (Å²) in [5.41, 5.74) is 1.19. The number of carbonyl (C=O) groups is 1. The highest BCUT2D eigenvalue weighted by molar-refractivity contribution is 6.30. The van der Waals surface area contributed by atoms with Gasteiger partial charge < -0.3 is 14.9 Å². The summed E-state index contributed by atoms with van der Waals surface area (Å²) in [5.74, 6) is -0.983. The lowest BCUT2D eigenvalue weighted by Crippen LogP contribution is -2.43. The number of ether oxygens (including phenoxy) is 1. The van der Waals surface area contributed by atoms with Gasteiger partial charge in [0.15, 0.2) is 11.9 Å². The minimum absolute atomic E-state index is 0.0485. The van der Waals surface area contributed by atoms with Gasteiger partial charge in [-0.1, -0.05) is 35.3 Å². The molecule has 0 radical (unpaired) electrons. The maximum absolute atomic E-state index is 13.0. The molecular weight excluding hydrogens is 449 g/mol. The van der Waals surface area contributed by atoms with Crippen molar-refractivity contribution >= 4 is 23.2 Å². The summed E-state index contributed by atoms with van der Waals surface area (Å²) in [6.45, 7) is 0.881. The molecule has 1 aromatic heterocycles. The highest BCUT2D eigenvalue weighted by Gasteiger charge is 2.38. The average molecular weight is 471 g/mol. The van der Waals surface area contributed by atoms with Crippen LogP contribution in [-0.4, -0.2) is 47.0 Å². The minimum atomic E-state index is -4.58. The van der Waals surface area contributed by atoms with E-state index in [-0.39, 0.29) is 23.3 Å². The Labute approximate surface area is 188 Å². The molecule has 32 heavy (non-hydrogen) atoms. The van der Waals surface area contributed by atoms with Gasteiger partial charge in [-0.3, -0.25) is 4.79 Å². The number of amides is 1. The number of halogens is 4. The first-order valence-electron chi connectivity index (χ1n) is 9.96. The average Bonchev–Trinajstić information content (AvgIpc) is 2.75. The first kappa shape index (κ1) is 23.8. The van der Waals surface area contributed by atoms with Crippen molar-refractivity contribution < 1.29 is 27.5 Å². The predicted octanol–water partition coefficient (Wildman–Crippen LogP) is 4.80. The molecule has 0 aliphatic heterocycles. The molecule has 1 aromatic carbocycles. The first-order valence-corrected chi connectivity index (χ1v) is 10.3. The maximum Gasteiger partial charge on any atom is 0.425 e. The minimum Gasteiger partial charge on any atom is -0.477 e. The number of nitrogens with zero attached hydrogens (tertiary/aromatic N) is 3. The van der Waals surface area contributed by atoms with Crippen LogP contribution in [0.25, 0.3) is 11.3 Å². The molecule has 2 aromatic rings. The van der Waals surface area contributed by atoms with Crippen molar-refractivity contribution in [3.8, 4) is 17.0 Å². The van der Waals surface area contributed by atoms with Gasteiger partial charge in [-0.2, -0.15) is 13.2 Å². The van der Waals surface area contributed by atoms with Gasteiger partial charge in [0.05, 0.1) is 18.0 Å². The van der Waals surface area contributed by atoms with Crippen LogP contribution < -0.4 is 10.1 Å². The Hall–Kier alpha value is -2.88. The number of alkyl halides is 3. The van der Waals surface area contributed by atoms with E-state index in [0.717, 1.165) is 26.0 Å². The topological polar surface area (TPSA) is 85.7 Å². The van der Waals surface area contributed by atoms with E-state index in [1.165, 1.54) is 7.11 Å². The number of aromatic nitrogens is 2. The molecule has 1 amide bonds. The molecule has 0 spiro atoms. The Morgan fingerprint density at radius 2 is 2.00 bits per heavy atom.